The number of hydrogen-bond acceptors (Lipinski definition) is 3. The lowest BCUT2D eigenvalue weighted by Gasteiger charge is -2.36. The van der Waals surface area contributed by atoms with Crippen molar-refractivity contribution in [2.24, 2.45) is 11.7 Å². The van der Waals surface area contributed by atoms with Crippen LogP contribution >= 0.6 is 0 Å². The average Bonchev–Trinajstić information content (AvgIpc) is 2.20. The van der Waals surface area contributed by atoms with E-state index in [9.17, 15) is 5.11 Å². The molecule has 0 radical (unpaired) electrons. The highest BCUT2D eigenvalue weighted by Gasteiger charge is 2.24. The fourth-order valence-corrected chi connectivity index (χ4v) is 2.83. The van der Waals surface area contributed by atoms with Crippen molar-refractivity contribution in [1.82, 2.24) is 4.90 Å². The molecule has 1 aliphatic rings. The number of aliphatic hydroxyl groups excluding tert-OH is 1. The second kappa shape index (κ2) is 8.06. The van der Waals surface area contributed by atoms with E-state index in [4.69, 9.17) is 5.73 Å². The van der Waals surface area contributed by atoms with Crippen LogP contribution in [0.5, 0.6) is 0 Å². The van der Waals surface area contributed by atoms with Gasteiger partial charge in [-0.25, -0.2) is 0 Å². The number of nitrogens with two attached hydrogens (primary N) is 1. The Morgan fingerprint density at radius 1 is 1.06 bits per heavy atom. The first-order valence-electron chi connectivity index (χ1n) is 7.25. The van der Waals surface area contributed by atoms with Gasteiger partial charge in [-0.15, -0.1) is 0 Å². The molecule has 1 saturated heterocycles. The molecule has 0 spiro atoms. The zero-order valence-corrected chi connectivity index (χ0v) is 11.6. The first kappa shape index (κ1) is 14.9. The van der Waals surface area contributed by atoms with Gasteiger partial charge < -0.3 is 10.8 Å². The van der Waals surface area contributed by atoms with E-state index in [0.717, 1.165) is 19.5 Å². The average molecular weight is 242 g/mol. The van der Waals surface area contributed by atoms with Crippen LogP contribution in [-0.2, 0) is 0 Å². The summed E-state index contributed by atoms with van der Waals surface area (Å²) >= 11 is 0. The molecule has 0 aromatic heterocycles. The molecule has 1 heterocycles. The number of rotatable bonds is 5. The van der Waals surface area contributed by atoms with Crippen molar-refractivity contribution < 1.29 is 5.11 Å². The molecule has 3 N–H and O–H groups in total. The van der Waals surface area contributed by atoms with Gasteiger partial charge >= 0.3 is 0 Å². The zero-order chi connectivity index (χ0) is 12.7. The number of hydrogen-bond donors (Lipinski definition) is 2. The molecule has 1 rings (SSSR count). The van der Waals surface area contributed by atoms with Gasteiger partial charge in [0.15, 0.2) is 0 Å². The van der Waals surface area contributed by atoms with Crippen LogP contribution < -0.4 is 5.73 Å². The Kier molecular flexibility index (Phi) is 7.09. The second-order valence-electron chi connectivity index (χ2n) is 5.85. The smallest absolute Gasteiger partial charge is 0.0601 e. The molecule has 17 heavy (non-hydrogen) atoms. The SMILES string of the molecule is CC(C)CC(N)C(CO)N1CCCCCCC1. The molecular weight excluding hydrogens is 212 g/mol. The Labute approximate surface area is 106 Å². The molecule has 0 amide bonds. The number of likely N-dealkylation sites (tertiary alicyclic amines) is 1. The molecule has 3 nitrogen and oxygen atoms in total. The molecule has 2 atom stereocenters. The molecule has 1 fully saturated rings. The van der Waals surface area contributed by atoms with Crippen molar-refractivity contribution in [3.63, 3.8) is 0 Å². The Balaban J connectivity index is 2.50. The van der Waals surface area contributed by atoms with Crippen LogP contribution in [0.4, 0.5) is 0 Å². The highest BCUT2D eigenvalue weighted by atomic mass is 16.3. The van der Waals surface area contributed by atoms with Gasteiger partial charge in [0.05, 0.1) is 6.61 Å². The second-order valence-corrected chi connectivity index (χ2v) is 5.85. The summed E-state index contributed by atoms with van der Waals surface area (Å²) in [5.74, 6) is 0.605. The van der Waals surface area contributed by atoms with Gasteiger partial charge in [0.25, 0.3) is 0 Å². The Bertz CT molecular complexity index is 189. The summed E-state index contributed by atoms with van der Waals surface area (Å²) in [4.78, 5) is 2.42. The van der Waals surface area contributed by atoms with E-state index >= 15 is 0 Å². The monoisotopic (exact) mass is 242 g/mol. The maximum absolute atomic E-state index is 9.60. The van der Waals surface area contributed by atoms with Crippen LogP contribution in [0.1, 0.15) is 52.4 Å². The van der Waals surface area contributed by atoms with Gasteiger partial charge in [-0.3, -0.25) is 4.90 Å². The zero-order valence-electron chi connectivity index (χ0n) is 11.6. The summed E-state index contributed by atoms with van der Waals surface area (Å²) in [5.41, 5.74) is 6.25. The topological polar surface area (TPSA) is 49.5 Å². The fourth-order valence-electron chi connectivity index (χ4n) is 2.83. The van der Waals surface area contributed by atoms with Crippen LogP contribution in [-0.4, -0.2) is 41.8 Å². The lowest BCUT2D eigenvalue weighted by atomic mass is 9.96. The van der Waals surface area contributed by atoms with Gasteiger partial charge in [-0.1, -0.05) is 33.1 Å². The molecule has 0 saturated carbocycles. The molecule has 0 aromatic carbocycles. The fraction of sp³-hybridized carbons (Fsp3) is 1.00. The summed E-state index contributed by atoms with van der Waals surface area (Å²) in [6, 6.07) is 0.273. The molecule has 0 aliphatic carbocycles. The Hall–Kier alpha value is -0.120. The molecular formula is C14H30N2O. The highest BCUT2D eigenvalue weighted by molar-refractivity contribution is 4.83. The van der Waals surface area contributed by atoms with Gasteiger partial charge in [0.2, 0.25) is 0 Å². The largest absolute Gasteiger partial charge is 0.395 e. The standard InChI is InChI=1S/C14H30N2O/c1-12(2)10-13(15)14(11-17)16-8-6-4-3-5-7-9-16/h12-14,17H,3-11,15H2,1-2H3. The third-order valence-electron chi connectivity index (χ3n) is 3.78. The van der Waals surface area contributed by atoms with Crippen molar-refractivity contribution >= 4 is 0 Å². The maximum atomic E-state index is 9.60. The van der Waals surface area contributed by atoms with Crippen molar-refractivity contribution in [3.05, 3.63) is 0 Å². The Morgan fingerprint density at radius 3 is 2.06 bits per heavy atom. The minimum Gasteiger partial charge on any atom is -0.395 e. The van der Waals surface area contributed by atoms with E-state index in [1.54, 1.807) is 0 Å². The summed E-state index contributed by atoms with van der Waals surface area (Å²) in [7, 11) is 0. The number of nitrogens with zero attached hydrogens (tertiary/aromatic N) is 1. The van der Waals surface area contributed by atoms with Crippen LogP contribution in [0.3, 0.4) is 0 Å². The third-order valence-corrected chi connectivity index (χ3v) is 3.78. The minimum atomic E-state index is 0.111. The van der Waals surface area contributed by atoms with Crippen LogP contribution in [0, 0.1) is 5.92 Å². The van der Waals surface area contributed by atoms with Crippen LogP contribution in [0.2, 0.25) is 0 Å². The molecule has 3 heteroatoms. The maximum Gasteiger partial charge on any atom is 0.0601 e. The van der Waals surface area contributed by atoms with E-state index < -0.39 is 0 Å². The van der Waals surface area contributed by atoms with Crippen molar-refractivity contribution in [1.29, 1.82) is 0 Å². The van der Waals surface area contributed by atoms with Gasteiger partial charge in [-0.05, 0) is 38.3 Å². The summed E-state index contributed by atoms with van der Waals surface area (Å²) in [6.07, 6.45) is 7.54. The van der Waals surface area contributed by atoms with Crippen LogP contribution in [0.15, 0.2) is 0 Å². The first-order chi connectivity index (χ1) is 8.15. The van der Waals surface area contributed by atoms with Crippen molar-refractivity contribution in [2.75, 3.05) is 19.7 Å². The van der Waals surface area contributed by atoms with E-state index in [2.05, 4.69) is 18.7 Å². The quantitative estimate of drug-likeness (QED) is 0.775. The lowest BCUT2D eigenvalue weighted by Crippen LogP contribution is -2.51. The first-order valence-corrected chi connectivity index (χ1v) is 7.25. The third kappa shape index (κ3) is 5.36. The predicted molar refractivity (Wildman–Crippen MR) is 73.0 cm³/mol. The number of aliphatic hydroxyl groups is 1. The molecule has 102 valence electrons. The van der Waals surface area contributed by atoms with Gasteiger partial charge in [0, 0.05) is 12.1 Å². The molecule has 1 aliphatic heterocycles. The normalized spacial score (nSPS) is 23.1. The van der Waals surface area contributed by atoms with E-state index in [-0.39, 0.29) is 18.7 Å². The highest BCUT2D eigenvalue weighted by Crippen LogP contribution is 2.16. The van der Waals surface area contributed by atoms with Crippen molar-refractivity contribution in [2.45, 2.75) is 64.5 Å². The van der Waals surface area contributed by atoms with Crippen LogP contribution in [0.25, 0.3) is 0 Å². The lowest BCUT2D eigenvalue weighted by molar-refractivity contribution is 0.0906. The predicted octanol–water partition coefficient (Wildman–Crippen LogP) is 1.99. The van der Waals surface area contributed by atoms with E-state index in [1.807, 2.05) is 0 Å². The molecule has 2 unspecified atom stereocenters. The Morgan fingerprint density at radius 2 is 1.59 bits per heavy atom. The van der Waals surface area contributed by atoms with E-state index in [0.29, 0.717) is 5.92 Å². The van der Waals surface area contributed by atoms with Crippen molar-refractivity contribution in [3.8, 4) is 0 Å². The summed E-state index contributed by atoms with van der Waals surface area (Å²) in [6.45, 7) is 6.81. The minimum absolute atomic E-state index is 0.111. The summed E-state index contributed by atoms with van der Waals surface area (Å²) in [5, 5.41) is 9.60. The summed E-state index contributed by atoms with van der Waals surface area (Å²) < 4.78 is 0. The van der Waals surface area contributed by atoms with Gasteiger partial charge in [0.1, 0.15) is 0 Å². The van der Waals surface area contributed by atoms with Gasteiger partial charge in [-0.2, -0.15) is 0 Å². The molecule has 0 aromatic rings. The van der Waals surface area contributed by atoms with E-state index in [1.165, 1.54) is 32.1 Å². The molecule has 0 bridgehead atoms.